The van der Waals surface area contributed by atoms with Crippen molar-refractivity contribution >= 4 is 17.6 Å². The Kier molecular flexibility index (Phi) is 5.17. The molecule has 0 bridgehead atoms. The first-order valence-corrected chi connectivity index (χ1v) is 8.64. The summed E-state index contributed by atoms with van der Waals surface area (Å²) >= 11 is 0. The van der Waals surface area contributed by atoms with Gasteiger partial charge in [0.2, 0.25) is 5.88 Å². The van der Waals surface area contributed by atoms with Crippen LogP contribution in [0, 0.1) is 6.92 Å². The number of urea groups is 1. The molecule has 1 N–H and O–H groups in total. The largest absolute Gasteiger partial charge is 0.439 e. The second-order valence-electron chi connectivity index (χ2n) is 6.38. The minimum absolute atomic E-state index is 0.00781. The van der Waals surface area contributed by atoms with Crippen molar-refractivity contribution < 1.29 is 27.8 Å². The molecule has 1 fully saturated rings. The zero-order valence-corrected chi connectivity index (χ0v) is 15.5. The molecule has 1 aliphatic rings. The summed E-state index contributed by atoms with van der Waals surface area (Å²) in [6, 6.07) is 6.45. The number of amides is 3. The summed E-state index contributed by atoms with van der Waals surface area (Å²) < 4.78 is 36.4. The fourth-order valence-electron chi connectivity index (χ4n) is 2.69. The Morgan fingerprint density at radius 3 is 2.57 bits per heavy atom. The minimum atomic E-state index is -3.32. The molecule has 0 radical (unpaired) electrons. The lowest BCUT2D eigenvalue weighted by atomic mass is 10.2. The van der Waals surface area contributed by atoms with Gasteiger partial charge in [0.15, 0.2) is 0 Å². The number of carbonyl (C=O) groups excluding carboxylic acids is 2. The maximum Gasteiger partial charge on any atom is 0.394 e. The first-order chi connectivity index (χ1) is 13.2. The smallest absolute Gasteiger partial charge is 0.394 e. The monoisotopic (exact) mass is 391 g/mol. The summed E-state index contributed by atoms with van der Waals surface area (Å²) in [7, 11) is 0. The molecule has 1 aromatic heterocycles. The molecule has 2 heterocycles. The number of imide groups is 1. The van der Waals surface area contributed by atoms with Gasteiger partial charge in [0.1, 0.15) is 17.5 Å². The number of alkyl halides is 2. The van der Waals surface area contributed by atoms with E-state index < -0.39 is 18.2 Å². The van der Waals surface area contributed by atoms with Crippen LogP contribution < -0.4 is 19.7 Å². The number of hydrogen-bond acceptors (Lipinski definition) is 5. The molecule has 9 heteroatoms. The SMILES string of the molecule is CC[C@H]1NC(=O)N(c2ccc(Oc3ccc(C)c(OC(C)(F)F)c3)nc2)C1=O. The van der Waals surface area contributed by atoms with Crippen molar-refractivity contribution in [3.63, 3.8) is 0 Å². The number of pyridine rings is 1. The quantitative estimate of drug-likeness (QED) is 0.753. The van der Waals surface area contributed by atoms with E-state index in [1.807, 2.05) is 0 Å². The number of nitrogens with zero attached hydrogens (tertiary/aromatic N) is 2. The number of nitrogens with one attached hydrogen (secondary N) is 1. The lowest BCUT2D eigenvalue weighted by Crippen LogP contribution is -2.31. The Bertz CT molecular complexity index is 897. The van der Waals surface area contributed by atoms with Crippen molar-refractivity contribution in [1.29, 1.82) is 0 Å². The van der Waals surface area contributed by atoms with Gasteiger partial charge in [-0.15, -0.1) is 0 Å². The van der Waals surface area contributed by atoms with Crippen LogP contribution in [-0.2, 0) is 4.79 Å². The number of halogens is 2. The Morgan fingerprint density at radius 2 is 2.00 bits per heavy atom. The van der Waals surface area contributed by atoms with Crippen molar-refractivity contribution in [2.75, 3.05) is 4.90 Å². The highest BCUT2D eigenvalue weighted by Crippen LogP contribution is 2.31. The second-order valence-corrected chi connectivity index (χ2v) is 6.38. The molecular formula is C19H19F2N3O4. The van der Waals surface area contributed by atoms with Gasteiger partial charge in [-0.1, -0.05) is 13.0 Å². The van der Waals surface area contributed by atoms with E-state index in [1.165, 1.54) is 24.4 Å². The van der Waals surface area contributed by atoms with Crippen LogP contribution in [0.25, 0.3) is 0 Å². The van der Waals surface area contributed by atoms with Crippen molar-refractivity contribution in [2.24, 2.45) is 0 Å². The zero-order valence-electron chi connectivity index (χ0n) is 15.5. The van der Waals surface area contributed by atoms with Gasteiger partial charge < -0.3 is 14.8 Å². The van der Waals surface area contributed by atoms with Crippen LogP contribution in [0.3, 0.4) is 0 Å². The maximum absolute atomic E-state index is 13.1. The first kappa shape index (κ1) is 19.5. The highest BCUT2D eigenvalue weighted by Gasteiger charge is 2.38. The van der Waals surface area contributed by atoms with Crippen LogP contribution in [0.15, 0.2) is 36.5 Å². The Morgan fingerprint density at radius 1 is 1.25 bits per heavy atom. The predicted molar refractivity (Wildman–Crippen MR) is 96.8 cm³/mol. The predicted octanol–water partition coefficient (Wildman–Crippen LogP) is 4.01. The zero-order chi connectivity index (χ0) is 20.5. The van der Waals surface area contributed by atoms with Gasteiger partial charge in [-0.05, 0) is 31.0 Å². The Hall–Kier alpha value is -3.23. The van der Waals surface area contributed by atoms with Crippen LogP contribution in [0.2, 0.25) is 0 Å². The van der Waals surface area contributed by atoms with Crippen LogP contribution in [0.4, 0.5) is 19.3 Å². The van der Waals surface area contributed by atoms with Crippen LogP contribution in [-0.4, -0.2) is 29.1 Å². The van der Waals surface area contributed by atoms with E-state index in [9.17, 15) is 18.4 Å². The van der Waals surface area contributed by atoms with Gasteiger partial charge in [-0.3, -0.25) is 4.79 Å². The lowest BCUT2D eigenvalue weighted by Gasteiger charge is -2.16. The number of carbonyl (C=O) groups is 2. The maximum atomic E-state index is 13.1. The average Bonchev–Trinajstić information content (AvgIpc) is 2.91. The van der Waals surface area contributed by atoms with Crippen LogP contribution in [0.1, 0.15) is 25.8 Å². The van der Waals surface area contributed by atoms with E-state index in [-0.39, 0.29) is 23.3 Å². The molecule has 0 unspecified atom stereocenters. The van der Waals surface area contributed by atoms with Crippen LogP contribution in [0.5, 0.6) is 17.4 Å². The molecule has 7 nitrogen and oxygen atoms in total. The topological polar surface area (TPSA) is 80.8 Å². The molecule has 3 rings (SSSR count). The highest BCUT2D eigenvalue weighted by molar-refractivity contribution is 6.21. The van der Waals surface area contributed by atoms with E-state index in [2.05, 4.69) is 15.0 Å². The van der Waals surface area contributed by atoms with Crippen molar-refractivity contribution in [3.05, 3.63) is 42.1 Å². The van der Waals surface area contributed by atoms with Gasteiger partial charge in [0.25, 0.3) is 5.91 Å². The van der Waals surface area contributed by atoms with E-state index >= 15 is 0 Å². The molecule has 28 heavy (non-hydrogen) atoms. The number of ether oxygens (including phenoxy) is 2. The normalized spacial score (nSPS) is 16.9. The Labute approximate surface area is 160 Å². The highest BCUT2D eigenvalue weighted by atomic mass is 19.3. The fourth-order valence-corrected chi connectivity index (χ4v) is 2.69. The number of aromatic nitrogens is 1. The van der Waals surface area contributed by atoms with E-state index in [0.717, 1.165) is 4.90 Å². The van der Waals surface area contributed by atoms with Crippen molar-refractivity contribution in [2.45, 2.75) is 39.3 Å². The molecule has 1 aromatic carbocycles. The molecule has 1 saturated heterocycles. The number of hydrogen-bond donors (Lipinski definition) is 1. The molecule has 1 atom stereocenters. The third-order valence-electron chi connectivity index (χ3n) is 4.08. The van der Waals surface area contributed by atoms with Gasteiger partial charge in [-0.25, -0.2) is 14.7 Å². The molecule has 1 aliphatic heterocycles. The molecule has 0 aliphatic carbocycles. The standard InChI is InChI=1S/C19H19F2N3O4/c1-4-14-17(25)24(18(26)23-14)12-6-8-16(22-10-12)27-13-7-5-11(2)15(9-13)28-19(3,20)21/h5-10,14H,4H2,1-3H3,(H,23,26)/t14-/m1/s1. The third-order valence-corrected chi connectivity index (χ3v) is 4.08. The number of anilines is 1. The van der Waals surface area contributed by atoms with Crippen molar-refractivity contribution in [3.8, 4) is 17.4 Å². The second kappa shape index (κ2) is 7.41. The van der Waals surface area contributed by atoms with Gasteiger partial charge in [0, 0.05) is 19.1 Å². The molecule has 3 amide bonds. The van der Waals surface area contributed by atoms with Crippen LogP contribution >= 0.6 is 0 Å². The summed E-state index contributed by atoms with van der Waals surface area (Å²) in [6.45, 7) is 4.09. The number of aryl methyl sites for hydroxylation is 1. The molecular weight excluding hydrogens is 372 g/mol. The van der Waals surface area contributed by atoms with E-state index in [0.29, 0.717) is 24.6 Å². The van der Waals surface area contributed by atoms with Gasteiger partial charge in [0.05, 0.1) is 11.9 Å². The Balaban J connectivity index is 1.76. The van der Waals surface area contributed by atoms with E-state index in [1.54, 1.807) is 26.0 Å². The minimum Gasteiger partial charge on any atom is -0.439 e. The molecule has 0 spiro atoms. The summed E-state index contributed by atoms with van der Waals surface area (Å²) in [4.78, 5) is 29.3. The fraction of sp³-hybridized carbons (Fsp3) is 0.316. The number of benzene rings is 1. The third kappa shape index (κ3) is 4.19. The van der Waals surface area contributed by atoms with Gasteiger partial charge >= 0.3 is 12.1 Å². The average molecular weight is 391 g/mol. The summed E-state index contributed by atoms with van der Waals surface area (Å²) in [6.07, 6.45) is -1.50. The van der Waals surface area contributed by atoms with Gasteiger partial charge in [-0.2, -0.15) is 8.78 Å². The first-order valence-electron chi connectivity index (χ1n) is 8.64. The molecule has 148 valence electrons. The molecule has 0 saturated carbocycles. The summed E-state index contributed by atoms with van der Waals surface area (Å²) in [5.41, 5.74) is 0.838. The lowest BCUT2D eigenvalue weighted by molar-refractivity contribution is -0.159. The molecule has 2 aromatic rings. The number of rotatable bonds is 6. The summed E-state index contributed by atoms with van der Waals surface area (Å²) in [5.74, 6) is 0.0717. The summed E-state index contributed by atoms with van der Waals surface area (Å²) in [5, 5.41) is 2.59. The van der Waals surface area contributed by atoms with E-state index in [4.69, 9.17) is 4.74 Å². The van der Waals surface area contributed by atoms with Crippen molar-refractivity contribution in [1.82, 2.24) is 10.3 Å².